The standard InChI is InChI=1S/C8H15NO4/c1-4(10)7(9)6(3)13-8(12)5(2)11/h5-7,11H,9H2,1-3H3. The number of aliphatic hydroxyl groups is 1. The number of nitrogens with two attached hydrogens (primary N) is 1. The lowest BCUT2D eigenvalue weighted by Gasteiger charge is -2.18. The third-order valence-electron chi connectivity index (χ3n) is 1.62. The average Bonchev–Trinajstić information content (AvgIpc) is 2.02. The van der Waals surface area contributed by atoms with Crippen molar-refractivity contribution in [3.63, 3.8) is 0 Å². The van der Waals surface area contributed by atoms with Gasteiger partial charge in [0.15, 0.2) is 0 Å². The summed E-state index contributed by atoms with van der Waals surface area (Å²) in [6, 6.07) is -0.831. The van der Waals surface area contributed by atoms with Gasteiger partial charge in [0.05, 0.1) is 0 Å². The van der Waals surface area contributed by atoms with Crippen molar-refractivity contribution in [3.8, 4) is 0 Å². The molecule has 0 saturated heterocycles. The van der Waals surface area contributed by atoms with Crippen LogP contribution >= 0.6 is 0 Å². The van der Waals surface area contributed by atoms with Crippen LogP contribution in [0.3, 0.4) is 0 Å². The molecule has 0 saturated carbocycles. The first-order chi connectivity index (χ1) is 5.86. The number of hydrogen-bond acceptors (Lipinski definition) is 5. The van der Waals surface area contributed by atoms with E-state index in [9.17, 15) is 9.59 Å². The number of esters is 1. The molecule has 0 bridgehead atoms. The van der Waals surface area contributed by atoms with Gasteiger partial charge in [0.2, 0.25) is 0 Å². The Kier molecular flexibility index (Phi) is 4.58. The predicted molar refractivity (Wildman–Crippen MR) is 45.9 cm³/mol. The Bertz CT molecular complexity index is 202. The minimum absolute atomic E-state index is 0.258. The highest BCUT2D eigenvalue weighted by molar-refractivity contribution is 5.82. The summed E-state index contributed by atoms with van der Waals surface area (Å²) in [6.45, 7) is 4.11. The van der Waals surface area contributed by atoms with Gasteiger partial charge < -0.3 is 15.6 Å². The Morgan fingerprint density at radius 2 is 1.85 bits per heavy atom. The summed E-state index contributed by atoms with van der Waals surface area (Å²) in [5, 5.41) is 8.79. The lowest BCUT2D eigenvalue weighted by atomic mass is 10.1. The van der Waals surface area contributed by atoms with E-state index in [2.05, 4.69) is 0 Å². The Balaban J connectivity index is 4.07. The molecule has 5 nitrogen and oxygen atoms in total. The molecule has 0 aliphatic carbocycles. The largest absolute Gasteiger partial charge is 0.459 e. The number of carbonyl (C=O) groups is 2. The fourth-order valence-corrected chi connectivity index (χ4v) is 0.686. The Morgan fingerprint density at radius 3 is 2.15 bits per heavy atom. The van der Waals surface area contributed by atoms with Gasteiger partial charge in [0.1, 0.15) is 24.0 Å². The Labute approximate surface area is 76.9 Å². The predicted octanol–water partition coefficient (Wildman–Crippen LogP) is -0.785. The van der Waals surface area contributed by atoms with Gasteiger partial charge >= 0.3 is 5.97 Å². The molecule has 0 aromatic heterocycles. The zero-order valence-corrected chi connectivity index (χ0v) is 7.98. The number of Topliss-reactive ketones (excluding diaryl/α,β-unsaturated/α-hetero) is 1. The second-order valence-corrected chi connectivity index (χ2v) is 2.95. The molecular weight excluding hydrogens is 174 g/mol. The van der Waals surface area contributed by atoms with Crippen LogP contribution < -0.4 is 5.73 Å². The molecule has 0 amide bonds. The summed E-state index contributed by atoms with van der Waals surface area (Å²) in [6.07, 6.45) is -1.90. The van der Waals surface area contributed by atoms with Crippen LogP contribution in [0.1, 0.15) is 20.8 Å². The van der Waals surface area contributed by atoms with Gasteiger partial charge in [-0.05, 0) is 20.8 Å². The molecule has 0 radical (unpaired) electrons. The lowest BCUT2D eigenvalue weighted by Crippen LogP contribution is -2.42. The van der Waals surface area contributed by atoms with Crippen LogP contribution in [-0.4, -0.2) is 35.1 Å². The van der Waals surface area contributed by atoms with Gasteiger partial charge in [-0.25, -0.2) is 4.79 Å². The molecule has 0 spiro atoms. The maximum absolute atomic E-state index is 10.8. The lowest BCUT2D eigenvalue weighted by molar-refractivity contribution is -0.158. The van der Waals surface area contributed by atoms with E-state index in [1.165, 1.54) is 20.8 Å². The van der Waals surface area contributed by atoms with Crippen molar-refractivity contribution in [2.24, 2.45) is 5.73 Å². The van der Waals surface area contributed by atoms with Gasteiger partial charge in [0.25, 0.3) is 0 Å². The molecule has 3 N–H and O–H groups in total. The highest BCUT2D eigenvalue weighted by Gasteiger charge is 2.22. The van der Waals surface area contributed by atoms with Gasteiger partial charge in [-0.2, -0.15) is 0 Å². The zero-order valence-electron chi connectivity index (χ0n) is 7.98. The normalized spacial score (nSPS) is 17.3. The van der Waals surface area contributed by atoms with E-state index in [1.807, 2.05) is 0 Å². The molecule has 0 fully saturated rings. The summed E-state index contributed by atoms with van der Waals surface area (Å²) < 4.78 is 4.70. The van der Waals surface area contributed by atoms with Crippen LogP contribution in [-0.2, 0) is 14.3 Å². The van der Waals surface area contributed by atoms with Crippen molar-refractivity contribution in [3.05, 3.63) is 0 Å². The van der Waals surface area contributed by atoms with Crippen LogP contribution in [0.4, 0.5) is 0 Å². The van der Waals surface area contributed by atoms with Gasteiger partial charge in [-0.15, -0.1) is 0 Å². The molecule has 5 heteroatoms. The van der Waals surface area contributed by atoms with Crippen molar-refractivity contribution in [1.29, 1.82) is 0 Å². The first-order valence-electron chi connectivity index (χ1n) is 4.00. The van der Waals surface area contributed by atoms with E-state index >= 15 is 0 Å². The minimum Gasteiger partial charge on any atom is -0.459 e. The van der Waals surface area contributed by atoms with E-state index in [0.29, 0.717) is 0 Å². The third-order valence-corrected chi connectivity index (χ3v) is 1.62. The van der Waals surface area contributed by atoms with Gasteiger partial charge in [-0.3, -0.25) is 4.79 Å². The second kappa shape index (κ2) is 4.94. The minimum atomic E-state index is -1.19. The molecule has 0 heterocycles. The van der Waals surface area contributed by atoms with Crippen molar-refractivity contribution < 1.29 is 19.4 Å². The number of ether oxygens (including phenoxy) is 1. The van der Waals surface area contributed by atoms with Crippen LogP contribution in [0.15, 0.2) is 0 Å². The first-order valence-corrected chi connectivity index (χ1v) is 4.00. The molecule has 76 valence electrons. The maximum Gasteiger partial charge on any atom is 0.334 e. The van der Waals surface area contributed by atoms with Crippen LogP contribution in [0, 0.1) is 0 Å². The summed E-state index contributed by atoms with van der Waals surface area (Å²) >= 11 is 0. The highest BCUT2D eigenvalue weighted by atomic mass is 16.6. The molecule has 0 aromatic carbocycles. The summed E-state index contributed by atoms with van der Waals surface area (Å²) in [5.41, 5.74) is 5.40. The molecule has 3 atom stereocenters. The Morgan fingerprint density at radius 1 is 1.38 bits per heavy atom. The van der Waals surface area contributed by atoms with Crippen LogP contribution in [0.25, 0.3) is 0 Å². The summed E-state index contributed by atoms with van der Waals surface area (Å²) in [4.78, 5) is 21.6. The second-order valence-electron chi connectivity index (χ2n) is 2.95. The maximum atomic E-state index is 10.8. The van der Waals surface area contributed by atoms with E-state index in [4.69, 9.17) is 15.6 Å². The van der Waals surface area contributed by atoms with Crippen molar-refractivity contribution in [1.82, 2.24) is 0 Å². The quantitative estimate of drug-likeness (QED) is 0.566. The summed E-state index contributed by atoms with van der Waals surface area (Å²) in [5.74, 6) is -1.03. The first kappa shape index (κ1) is 12.1. The van der Waals surface area contributed by atoms with Gasteiger partial charge in [-0.1, -0.05) is 0 Å². The number of hydrogen-bond donors (Lipinski definition) is 2. The Hall–Kier alpha value is -0.940. The van der Waals surface area contributed by atoms with Crippen molar-refractivity contribution >= 4 is 11.8 Å². The smallest absolute Gasteiger partial charge is 0.334 e. The summed E-state index contributed by atoms with van der Waals surface area (Å²) in [7, 11) is 0. The van der Waals surface area contributed by atoms with E-state index in [1.54, 1.807) is 0 Å². The monoisotopic (exact) mass is 189 g/mol. The molecule has 3 unspecified atom stereocenters. The fraction of sp³-hybridized carbons (Fsp3) is 0.750. The van der Waals surface area contributed by atoms with E-state index in [0.717, 1.165) is 0 Å². The molecule has 0 aliphatic rings. The molecule has 0 aliphatic heterocycles. The van der Waals surface area contributed by atoms with Crippen LogP contribution in [0.2, 0.25) is 0 Å². The number of aliphatic hydroxyl groups excluding tert-OH is 1. The topological polar surface area (TPSA) is 89.6 Å². The average molecular weight is 189 g/mol. The highest BCUT2D eigenvalue weighted by Crippen LogP contribution is 2.00. The van der Waals surface area contributed by atoms with Crippen molar-refractivity contribution in [2.45, 2.75) is 39.0 Å². The number of rotatable bonds is 4. The molecular formula is C8H15NO4. The van der Waals surface area contributed by atoms with Crippen LogP contribution in [0.5, 0.6) is 0 Å². The third kappa shape index (κ3) is 4.00. The van der Waals surface area contributed by atoms with Crippen molar-refractivity contribution in [2.75, 3.05) is 0 Å². The number of ketones is 1. The van der Waals surface area contributed by atoms with E-state index < -0.39 is 24.2 Å². The molecule has 0 rings (SSSR count). The number of carbonyl (C=O) groups excluding carboxylic acids is 2. The molecule has 13 heavy (non-hydrogen) atoms. The van der Waals surface area contributed by atoms with E-state index in [-0.39, 0.29) is 5.78 Å². The SMILES string of the molecule is CC(=O)C(N)C(C)OC(=O)C(C)O. The fourth-order valence-electron chi connectivity index (χ4n) is 0.686. The zero-order chi connectivity index (χ0) is 10.6. The molecule has 0 aromatic rings. The van der Waals surface area contributed by atoms with Gasteiger partial charge in [0, 0.05) is 0 Å².